The molecule has 0 aliphatic rings. The summed E-state index contributed by atoms with van der Waals surface area (Å²) in [5, 5.41) is 10.8. The first kappa shape index (κ1) is 27.3. The molecule has 38 heavy (non-hydrogen) atoms. The minimum atomic E-state index is -4.49. The lowest BCUT2D eigenvalue weighted by atomic mass is 9.92. The van der Waals surface area contributed by atoms with Gasteiger partial charge in [0, 0.05) is 18.0 Å². The van der Waals surface area contributed by atoms with Crippen molar-refractivity contribution in [2.45, 2.75) is 32.9 Å². The Morgan fingerprint density at radius 2 is 1.68 bits per heavy atom. The molecule has 0 radical (unpaired) electrons. The standard InChI is InChI=1S/C30H30F3NO4/c1-4-13-34(3)14-15-37-23-11-5-20(6-12-23)17-25-24-16-19(2)26(35)18-27(24)38-29(36)28(25)21-7-9-22(10-8-21)30(31,32)33/h5-12,16,18,35H,4,13-15,17H2,1-3H3. The Balaban J connectivity index is 1.70. The third-order valence-corrected chi connectivity index (χ3v) is 6.48. The van der Waals surface area contributed by atoms with E-state index in [0.29, 0.717) is 35.1 Å². The van der Waals surface area contributed by atoms with Gasteiger partial charge in [0.25, 0.3) is 0 Å². The molecule has 1 heterocycles. The van der Waals surface area contributed by atoms with Crippen molar-refractivity contribution < 1.29 is 27.4 Å². The van der Waals surface area contributed by atoms with Crippen molar-refractivity contribution in [1.82, 2.24) is 4.90 Å². The highest BCUT2D eigenvalue weighted by atomic mass is 19.4. The van der Waals surface area contributed by atoms with Crippen LogP contribution in [0.2, 0.25) is 0 Å². The van der Waals surface area contributed by atoms with Crippen molar-refractivity contribution in [1.29, 1.82) is 0 Å². The second-order valence-electron chi connectivity index (χ2n) is 9.43. The first-order valence-electron chi connectivity index (χ1n) is 12.4. The van der Waals surface area contributed by atoms with Gasteiger partial charge >= 0.3 is 11.8 Å². The van der Waals surface area contributed by atoms with Crippen LogP contribution < -0.4 is 10.4 Å². The molecule has 0 bridgehead atoms. The molecule has 200 valence electrons. The molecule has 8 heteroatoms. The summed E-state index contributed by atoms with van der Waals surface area (Å²) >= 11 is 0. The van der Waals surface area contributed by atoms with E-state index in [9.17, 15) is 23.1 Å². The lowest BCUT2D eigenvalue weighted by Crippen LogP contribution is -2.24. The minimum absolute atomic E-state index is 0.0139. The fourth-order valence-electron chi connectivity index (χ4n) is 4.43. The summed E-state index contributed by atoms with van der Waals surface area (Å²) in [7, 11) is 2.05. The largest absolute Gasteiger partial charge is 0.508 e. The SMILES string of the molecule is CCCN(C)CCOc1ccc(Cc2c(-c3ccc(C(F)(F)F)cc3)c(=O)oc3cc(O)c(C)cc23)cc1. The Kier molecular flexibility index (Phi) is 8.11. The van der Waals surface area contributed by atoms with Crippen LogP contribution in [0.25, 0.3) is 22.1 Å². The van der Waals surface area contributed by atoms with E-state index < -0.39 is 17.4 Å². The quantitative estimate of drug-likeness (QED) is 0.244. The topological polar surface area (TPSA) is 62.9 Å². The number of ether oxygens (including phenoxy) is 1. The van der Waals surface area contributed by atoms with Gasteiger partial charge in [0.05, 0.1) is 11.1 Å². The van der Waals surface area contributed by atoms with Crippen molar-refractivity contribution in [2.24, 2.45) is 0 Å². The van der Waals surface area contributed by atoms with Gasteiger partial charge in [0.1, 0.15) is 23.7 Å². The maximum Gasteiger partial charge on any atom is 0.416 e. The van der Waals surface area contributed by atoms with Gasteiger partial charge in [-0.2, -0.15) is 13.2 Å². The van der Waals surface area contributed by atoms with Gasteiger partial charge in [-0.3, -0.25) is 0 Å². The van der Waals surface area contributed by atoms with Crippen LogP contribution in [0.5, 0.6) is 11.5 Å². The smallest absolute Gasteiger partial charge is 0.416 e. The molecular weight excluding hydrogens is 495 g/mol. The zero-order chi connectivity index (χ0) is 27.4. The molecular formula is C30H30F3NO4. The van der Waals surface area contributed by atoms with Crippen LogP contribution in [-0.4, -0.2) is 36.8 Å². The molecule has 0 saturated heterocycles. The van der Waals surface area contributed by atoms with Crippen LogP contribution in [0, 0.1) is 6.92 Å². The van der Waals surface area contributed by atoms with E-state index in [-0.39, 0.29) is 16.9 Å². The van der Waals surface area contributed by atoms with Gasteiger partial charge in [0.15, 0.2) is 0 Å². The van der Waals surface area contributed by atoms with E-state index in [2.05, 4.69) is 11.8 Å². The Morgan fingerprint density at radius 1 is 1.00 bits per heavy atom. The summed E-state index contributed by atoms with van der Waals surface area (Å²) in [6.45, 7) is 6.22. The second-order valence-corrected chi connectivity index (χ2v) is 9.43. The van der Waals surface area contributed by atoms with Gasteiger partial charge in [0.2, 0.25) is 0 Å². The lowest BCUT2D eigenvalue weighted by molar-refractivity contribution is -0.137. The monoisotopic (exact) mass is 525 g/mol. The molecule has 0 aliphatic carbocycles. The predicted octanol–water partition coefficient (Wildman–Crippen LogP) is 6.80. The Labute approximate surface area is 219 Å². The Bertz CT molecular complexity index is 1460. The number of rotatable bonds is 9. The van der Waals surface area contributed by atoms with E-state index in [1.807, 2.05) is 31.3 Å². The number of alkyl halides is 3. The molecule has 0 aliphatic heterocycles. The highest BCUT2D eigenvalue weighted by molar-refractivity contribution is 5.89. The first-order valence-corrected chi connectivity index (χ1v) is 12.4. The molecule has 0 atom stereocenters. The first-order chi connectivity index (χ1) is 18.1. The molecule has 4 aromatic rings. The van der Waals surface area contributed by atoms with Gasteiger partial charge in [-0.1, -0.05) is 31.2 Å². The number of aryl methyl sites for hydroxylation is 1. The number of phenolic OH excluding ortho intramolecular Hbond substituents is 1. The van der Waals surface area contributed by atoms with Gasteiger partial charge < -0.3 is 19.2 Å². The molecule has 0 spiro atoms. The predicted molar refractivity (Wildman–Crippen MR) is 142 cm³/mol. The number of phenols is 1. The minimum Gasteiger partial charge on any atom is -0.508 e. The fraction of sp³-hybridized carbons (Fsp3) is 0.300. The Hall–Kier alpha value is -3.78. The number of fused-ring (bicyclic) bond motifs is 1. The number of hydrogen-bond donors (Lipinski definition) is 1. The summed E-state index contributed by atoms with van der Waals surface area (Å²) in [6.07, 6.45) is -3.09. The van der Waals surface area contributed by atoms with E-state index in [4.69, 9.17) is 9.15 Å². The number of nitrogens with zero attached hydrogens (tertiary/aromatic N) is 1. The summed E-state index contributed by atoms with van der Waals surface area (Å²) in [4.78, 5) is 15.3. The average molecular weight is 526 g/mol. The number of aromatic hydroxyl groups is 1. The molecule has 0 saturated carbocycles. The molecule has 1 aromatic heterocycles. The summed E-state index contributed by atoms with van der Waals surface area (Å²) in [6, 6.07) is 15.1. The van der Waals surface area contributed by atoms with Crippen LogP contribution in [0.4, 0.5) is 13.2 Å². The Morgan fingerprint density at radius 3 is 2.32 bits per heavy atom. The van der Waals surface area contributed by atoms with Crippen molar-refractivity contribution in [2.75, 3.05) is 26.7 Å². The zero-order valence-corrected chi connectivity index (χ0v) is 21.6. The van der Waals surface area contributed by atoms with Crippen LogP contribution in [-0.2, 0) is 12.6 Å². The summed E-state index contributed by atoms with van der Waals surface area (Å²) < 4.78 is 50.7. The van der Waals surface area contributed by atoms with Gasteiger partial charge in [-0.05, 0) is 85.9 Å². The zero-order valence-electron chi connectivity index (χ0n) is 21.6. The van der Waals surface area contributed by atoms with E-state index in [0.717, 1.165) is 43.0 Å². The van der Waals surface area contributed by atoms with Crippen molar-refractivity contribution in [3.63, 3.8) is 0 Å². The molecule has 3 aromatic carbocycles. The van der Waals surface area contributed by atoms with Gasteiger partial charge in [-0.25, -0.2) is 4.79 Å². The summed E-state index contributed by atoms with van der Waals surface area (Å²) in [5.74, 6) is 0.708. The molecule has 4 rings (SSSR count). The average Bonchev–Trinajstić information content (AvgIpc) is 2.86. The van der Waals surface area contributed by atoms with E-state index in [1.165, 1.54) is 18.2 Å². The van der Waals surface area contributed by atoms with Crippen molar-refractivity contribution in [3.05, 3.63) is 93.3 Å². The maximum atomic E-state index is 13.1. The third kappa shape index (κ3) is 6.19. The fourth-order valence-corrected chi connectivity index (χ4v) is 4.43. The molecule has 1 N–H and O–H groups in total. The maximum absolute atomic E-state index is 13.1. The van der Waals surface area contributed by atoms with E-state index in [1.54, 1.807) is 13.0 Å². The van der Waals surface area contributed by atoms with Crippen LogP contribution >= 0.6 is 0 Å². The number of benzene rings is 3. The number of hydrogen-bond acceptors (Lipinski definition) is 5. The van der Waals surface area contributed by atoms with Crippen LogP contribution in [0.3, 0.4) is 0 Å². The highest BCUT2D eigenvalue weighted by Crippen LogP contribution is 2.35. The van der Waals surface area contributed by atoms with Crippen molar-refractivity contribution >= 4 is 11.0 Å². The summed E-state index contributed by atoms with van der Waals surface area (Å²) in [5.41, 5.74) is 1.31. The molecule has 0 amide bonds. The number of likely N-dealkylation sites (N-methyl/N-ethyl adjacent to an activating group) is 1. The van der Waals surface area contributed by atoms with Gasteiger partial charge in [-0.15, -0.1) is 0 Å². The third-order valence-electron chi connectivity index (χ3n) is 6.48. The number of halogens is 3. The second kappa shape index (κ2) is 11.3. The normalized spacial score (nSPS) is 11.9. The van der Waals surface area contributed by atoms with Crippen LogP contribution in [0.1, 0.15) is 35.6 Å². The molecule has 0 fully saturated rings. The lowest BCUT2D eigenvalue weighted by Gasteiger charge is -2.16. The highest BCUT2D eigenvalue weighted by Gasteiger charge is 2.30. The van der Waals surface area contributed by atoms with Crippen molar-refractivity contribution in [3.8, 4) is 22.6 Å². The van der Waals surface area contributed by atoms with E-state index >= 15 is 0 Å². The molecule has 0 unspecified atom stereocenters. The van der Waals surface area contributed by atoms with Crippen LogP contribution in [0.15, 0.2) is 69.9 Å². The molecule has 5 nitrogen and oxygen atoms in total.